The van der Waals surface area contributed by atoms with Crippen LogP contribution in [0.3, 0.4) is 0 Å². The Morgan fingerprint density at radius 1 is 1.18 bits per heavy atom. The van der Waals surface area contributed by atoms with Gasteiger partial charge in [-0.1, -0.05) is 18.2 Å². The smallest absolute Gasteiger partial charge is 0.248 e. The first-order chi connectivity index (χ1) is 8.08. The molecule has 4 heteroatoms. The van der Waals surface area contributed by atoms with Gasteiger partial charge in [0.2, 0.25) is 5.91 Å². The van der Waals surface area contributed by atoms with Crippen molar-refractivity contribution in [1.82, 2.24) is 0 Å². The number of nitrogens with two attached hydrogens (primary N) is 1. The van der Waals surface area contributed by atoms with E-state index in [1.807, 2.05) is 0 Å². The second kappa shape index (κ2) is 4.25. The molecule has 0 saturated heterocycles. The molecule has 0 aliphatic heterocycles. The highest BCUT2D eigenvalue weighted by Gasteiger charge is 2.09. The lowest BCUT2D eigenvalue weighted by molar-refractivity contribution is 0.1000. The van der Waals surface area contributed by atoms with Crippen LogP contribution in [0.15, 0.2) is 42.5 Å². The molecule has 2 rings (SSSR count). The molecule has 0 saturated carbocycles. The molecule has 2 aromatic rings. The number of hydrogen-bond acceptors (Lipinski definition) is 2. The number of aromatic hydroxyl groups is 1. The molecule has 0 fully saturated rings. The second-order valence-electron chi connectivity index (χ2n) is 3.61. The topological polar surface area (TPSA) is 63.3 Å². The van der Waals surface area contributed by atoms with Gasteiger partial charge in [-0.05, 0) is 29.8 Å². The quantitative estimate of drug-likeness (QED) is 0.832. The molecule has 0 aliphatic carbocycles. The van der Waals surface area contributed by atoms with Gasteiger partial charge in [0, 0.05) is 11.1 Å². The van der Waals surface area contributed by atoms with Gasteiger partial charge in [0.15, 0.2) is 0 Å². The van der Waals surface area contributed by atoms with Crippen LogP contribution in [-0.4, -0.2) is 11.0 Å². The van der Waals surface area contributed by atoms with Crippen molar-refractivity contribution in [3.8, 4) is 16.9 Å². The first-order valence-corrected chi connectivity index (χ1v) is 4.96. The molecule has 0 radical (unpaired) electrons. The van der Waals surface area contributed by atoms with Gasteiger partial charge < -0.3 is 10.8 Å². The molecular weight excluding hydrogens is 221 g/mol. The molecule has 0 heterocycles. The Bertz CT molecular complexity index is 581. The summed E-state index contributed by atoms with van der Waals surface area (Å²) in [4.78, 5) is 11.0. The van der Waals surface area contributed by atoms with Crippen molar-refractivity contribution in [3.05, 3.63) is 53.8 Å². The molecule has 0 aromatic heterocycles. The number of carbonyl (C=O) groups excluding carboxylic acids is 1. The van der Waals surface area contributed by atoms with E-state index < -0.39 is 11.7 Å². The van der Waals surface area contributed by atoms with Crippen molar-refractivity contribution in [2.24, 2.45) is 5.73 Å². The summed E-state index contributed by atoms with van der Waals surface area (Å²) in [5.74, 6) is -1.22. The molecular formula is C13H10FNO2. The Morgan fingerprint density at radius 2 is 1.88 bits per heavy atom. The van der Waals surface area contributed by atoms with E-state index in [0.717, 1.165) is 0 Å². The Labute approximate surface area is 97.3 Å². The van der Waals surface area contributed by atoms with Crippen LogP contribution in [0.4, 0.5) is 4.39 Å². The first kappa shape index (κ1) is 11.1. The molecule has 0 bridgehead atoms. The Kier molecular flexibility index (Phi) is 2.78. The highest BCUT2D eigenvalue weighted by Crippen LogP contribution is 2.27. The molecule has 17 heavy (non-hydrogen) atoms. The average Bonchev–Trinajstić information content (AvgIpc) is 2.28. The fourth-order valence-electron chi connectivity index (χ4n) is 1.60. The molecule has 86 valence electrons. The van der Waals surface area contributed by atoms with Gasteiger partial charge in [0.1, 0.15) is 11.6 Å². The van der Waals surface area contributed by atoms with Gasteiger partial charge >= 0.3 is 0 Å². The predicted molar refractivity (Wildman–Crippen MR) is 62.0 cm³/mol. The van der Waals surface area contributed by atoms with E-state index in [0.29, 0.717) is 11.1 Å². The fraction of sp³-hybridized carbons (Fsp3) is 0. The lowest BCUT2D eigenvalue weighted by Crippen LogP contribution is -2.10. The van der Waals surface area contributed by atoms with Gasteiger partial charge in [-0.2, -0.15) is 0 Å². The zero-order valence-corrected chi connectivity index (χ0v) is 8.85. The number of amides is 1. The zero-order valence-electron chi connectivity index (χ0n) is 8.85. The number of benzene rings is 2. The van der Waals surface area contributed by atoms with Crippen LogP contribution in [0, 0.1) is 5.82 Å². The number of rotatable bonds is 2. The minimum Gasteiger partial charge on any atom is -0.508 e. The van der Waals surface area contributed by atoms with Gasteiger partial charge in [-0.15, -0.1) is 0 Å². The van der Waals surface area contributed by atoms with Crippen LogP contribution in [0.5, 0.6) is 5.75 Å². The van der Waals surface area contributed by atoms with Crippen LogP contribution in [0.2, 0.25) is 0 Å². The Morgan fingerprint density at radius 3 is 2.53 bits per heavy atom. The summed E-state index contributed by atoms with van der Waals surface area (Å²) in [6.07, 6.45) is 0. The van der Waals surface area contributed by atoms with E-state index in [1.54, 1.807) is 18.2 Å². The Balaban J connectivity index is 2.60. The van der Waals surface area contributed by atoms with E-state index in [-0.39, 0.29) is 11.3 Å². The summed E-state index contributed by atoms with van der Waals surface area (Å²) in [7, 11) is 0. The van der Waals surface area contributed by atoms with Crippen molar-refractivity contribution >= 4 is 5.91 Å². The van der Waals surface area contributed by atoms with E-state index >= 15 is 0 Å². The summed E-state index contributed by atoms with van der Waals surface area (Å²) in [6, 6.07) is 10.2. The van der Waals surface area contributed by atoms with Crippen LogP contribution >= 0.6 is 0 Å². The minimum atomic E-state index is -0.668. The number of hydrogen-bond donors (Lipinski definition) is 2. The van der Waals surface area contributed by atoms with Gasteiger partial charge in [0.05, 0.1) is 0 Å². The third-order valence-corrected chi connectivity index (χ3v) is 2.39. The lowest BCUT2D eigenvalue weighted by atomic mass is 10.0. The van der Waals surface area contributed by atoms with Gasteiger partial charge in [0.25, 0.3) is 0 Å². The van der Waals surface area contributed by atoms with Gasteiger partial charge in [-0.25, -0.2) is 4.39 Å². The van der Waals surface area contributed by atoms with E-state index in [9.17, 15) is 14.3 Å². The van der Waals surface area contributed by atoms with Crippen molar-refractivity contribution in [1.29, 1.82) is 0 Å². The van der Waals surface area contributed by atoms with Crippen molar-refractivity contribution in [2.75, 3.05) is 0 Å². The van der Waals surface area contributed by atoms with Crippen LogP contribution in [-0.2, 0) is 0 Å². The summed E-state index contributed by atoms with van der Waals surface area (Å²) in [5.41, 5.74) is 5.99. The van der Waals surface area contributed by atoms with E-state index in [1.165, 1.54) is 24.3 Å². The maximum Gasteiger partial charge on any atom is 0.248 e. The maximum atomic E-state index is 13.5. The predicted octanol–water partition coefficient (Wildman–Crippen LogP) is 2.30. The number of phenols is 1. The molecule has 2 aromatic carbocycles. The molecule has 0 atom stereocenters. The second-order valence-corrected chi connectivity index (χ2v) is 3.61. The molecule has 0 unspecified atom stereocenters. The standard InChI is InChI=1S/C13H10FNO2/c14-12-4-2-1-3-11(12)8-5-9(13(15)17)7-10(16)6-8/h1-7,16H,(H2,15,17). The average molecular weight is 231 g/mol. The SMILES string of the molecule is NC(=O)c1cc(O)cc(-c2ccccc2F)c1. The summed E-state index contributed by atoms with van der Waals surface area (Å²) in [6.45, 7) is 0. The van der Waals surface area contributed by atoms with E-state index in [4.69, 9.17) is 5.73 Å². The van der Waals surface area contributed by atoms with E-state index in [2.05, 4.69) is 0 Å². The zero-order chi connectivity index (χ0) is 12.4. The molecule has 3 nitrogen and oxygen atoms in total. The molecule has 3 N–H and O–H groups in total. The lowest BCUT2D eigenvalue weighted by Gasteiger charge is -2.06. The number of halogens is 1. The highest BCUT2D eigenvalue weighted by molar-refractivity contribution is 5.94. The minimum absolute atomic E-state index is 0.125. The number of phenolic OH excluding ortho intramolecular Hbond substituents is 1. The number of primary amides is 1. The van der Waals surface area contributed by atoms with Crippen molar-refractivity contribution < 1.29 is 14.3 Å². The highest BCUT2D eigenvalue weighted by atomic mass is 19.1. The third-order valence-electron chi connectivity index (χ3n) is 2.39. The number of carbonyl (C=O) groups is 1. The summed E-state index contributed by atoms with van der Waals surface area (Å²) in [5, 5.41) is 9.46. The van der Waals surface area contributed by atoms with Crippen LogP contribution in [0.1, 0.15) is 10.4 Å². The Hall–Kier alpha value is -2.36. The fourth-order valence-corrected chi connectivity index (χ4v) is 1.60. The van der Waals surface area contributed by atoms with Crippen LogP contribution in [0.25, 0.3) is 11.1 Å². The van der Waals surface area contributed by atoms with Crippen molar-refractivity contribution in [3.63, 3.8) is 0 Å². The molecule has 0 spiro atoms. The summed E-state index contributed by atoms with van der Waals surface area (Å²) < 4.78 is 13.5. The maximum absolute atomic E-state index is 13.5. The molecule has 0 aliphatic rings. The molecule has 1 amide bonds. The summed E-state index contributed by atoms with van der Waals surface area (Å²) >= 11 is 0. The monoisotopic (exact) mass is 231 g/mol. The van der Waals surface area contributed by atoms with Crippen molar-refractivity contribution in [2.45, 2.75) is 0 Å². The normalized spacial score (nSPS) is 10.2. The largest absolute Gasteiger partial charge is 0.508 e. The van der Waals surface area contributed by atoms with Gasteiger partial charge in [-0.3, -0.25) is 4.79 Å². The first-order valence-electron chi connectivity index (χ1n) is 4.96. The third kappa shape index (κ3) is 2.25. The van der Waals surface area contributed by atoms with Crippen LogP contribution < -0.4 is 5.73 Å².